The molecule has 37 heavy (non-hydrogen) atoms. The third-order valence-corrected chi connectivity index (χ3v) is 7.46. The van der Waals surface area contributed by atoms with Crippen LogP contribution in [0.3, 0.4) is 0 Å². The van der Waals surface area contributed by atoms with E-state index in [0.717, 1.165) is 27.2 Å². The van der Waals surface area contributed by atoms with E-state index in [1.165, 1.54) is 0 Å². The highest BCUT2D eigenvalue weighted by Gasteiger charge is 2.42. The molecule has 5 rings (SSSR count). The van der Waals surface area contributed by atoms with Crippen molar-refractivity contribution in [3.05, 3.63) is 106 Å². The van der Waals surface area contributed by atoms with Crippen LogP contribution in [0, 0.1) is 5.92 Å². The first-order chi connectivity index (χ1) is 17.8. The van der Waals surface area contributed by atoms with Gasteiger partial charge in [-0.05, 0) is 78.9 Å². The minimum Gasteiger partial charge on any atom is -0.351 e. The summed E-state index contributed by atoms with van der Waals surface area (Å²) >= 11 is 16.0. The van der Waals surface area contributed by atoms with Crippen LogP contribution in [0.5, 0.6) is 0 Å². The van der Waals surface area contributed by atoms with Crippen molar-refractivity contribution in [1.82, 2.24) is 14.9 Å². The molecule has 1 aliphatic rings. The Morgan fingerprint density at radius 2 is 1.84 bits per heavy atom. The molecule has 6 nitrogen and oxygen atoms in total. The van der Waals surface area contributed by atoms with Crippen molar-refractivity contribution >= 4 is 62.1 Å². The molecular weight excluding hydrogens is 570 g/mol. The summed E-state index contributed by atoms with van der Waals surface area (Å²) in [5.41, 5.74) is 4.34. The molecule has 0 saturated carbocycles. The minimum absolute atomic E-state index is 0.0894. The Morgan fingerprint density at radius 3 is 2.51 bits per heavy atom. The van der Waals surface area contributed by atoms with Gasteiger partial charge in [0.25, 0.3) is 0 Å². The number of pyridine rings is 1. The molecule has 2 N–H and O–H groups in total. The van der Waals surface area contributed by atoms with Gasteiger partial charge in [-0.15, -0.1) is 0 Å². The number of hydrogen-bond acceptors (Lipinski definition) is 3. The number of carbonyl (C=O) groups excluding carboxylic acids is 1. The van der Waals surface area contributed by atoms with E-state index in [0.29, 0.717) is 15.8 Å². The van der Waals surface area contributed by atoms with Gasteiger partial charge in [-0.3, -0.25) is 9.78 Å². The van der Waals surface area contributed by atoms with Crippen LogP contribution in [0.4, 0.5) is 11.4 Å². The second-order valence-corrected chi connectivity index (χ2v) is 10.8. The second-order valence-electron chi connectivity index (χ2n) is 9.08. The van der Waals surface area contributed by atoms with Crippen molar-refractivity contribution in [2.45, 2.75) is 25.9 Å². The van der Waals surface area contributed by atoms with Crippen LogP contribution in [-0.2, 0) is 4.79 Å². The van der Waals surface area contributed by atoms with Gasteiger partial charge in [0.1, 0.15) is 6.04 Å². The van der Waals surface area contributed by atoms with Crippen molar-refractivity contribution in [2.24, 2.45) is 5.92 Å². The minimum atomic E-state index is -0.215. The number of anilines is 2. The highest BCUT2D eigenvalue weighted by molar-refractivity contribution is 9.10. The predicted molar refractivity (Wildman–Crippen MR) is 156 cm³/mol. The van der Waals surface area contributed by atoms with Gasteiger partial charge in [0.05, 0.1) is 22.4 Å². The molecule has 2 atom stereocenters. The largest absolute Gasteiger partial charge is 0.351 e. The van der Waals surface area contributed by atoms with E-state index in [2.05, 4.69) is 59.2 Å². The summed E-state index contributed by atoms with van der Waals surface area (Å²) in [5, 5.41) is 7.39. The number of rotatable bonds is 6. The normalized spacial score (nSPS) is 17.2. The number of carbonyl (C=O) groups is 1. The molecule has 0 bridgehead atoms. The van der Waals surface area contributed by atoms with Gasteiger partial charge < -0.3 is 20.1 Å². The number of aromatic nitrogens is 2. The lowest BCUT2D eigenvalue weighted by molar-refractivity contribution is -0.118. The fourth-order valence-corrected chi connectivity index (χ4v) is 5.27. The van der Waals surface area contributed by atoms with Gasteiger partial charge in [0, 0.05) is 39.9 Å². The fraction of sp³-hybridized carbons (Fsp3) is 0.179. The quantitative estimate of drug-likeness (QED) is 0.234. The predicted octanol–water partition coefficient (Wildman–Crippen LogP) is 7.06. The number of thiocarbonyl (C=S) groups is 1. The Kier molecular flexibility index (Phi) is 7.33. The molecule has 2 aromatic carbocycles. The molecule has 9 heteroatoms. The van der Waals surface area contributed by atoms with Crippen LogP contribution >= 0.6 is 39.7 Å². The Balaban J connectivity index is 1.59. The molecule has 1 fully saturated rings. The van der Waals surface area contributed by atoms with Gasteiger partial charge in [0.2, 0.25) is 5.91 Å². The summed E-state index contributed by atoms with van der Waals surface area (Å²) in [6.07, 6.45) is 3.84. The van der Waals surface area contributed by atoms with Crippen LogP contribution in [0.1, 0.15) is 37.3 Å². The van der Waals surface area contributed by atoms with E-state index in [1.54, 1.807) is 6.20 Å². The summed E-state index contributed by atoms with van der Waals surface area (Å²) < 4.78 is 3.18. The number of benzene rings is 2. The van der Waals surface area contributed by atoms with Gasteiger partial charge in [-0.2, -0.15) is 0 Å². The standard InChI is InChI=1S/C28H25BrClN5OS/c1-17(2)27(36)32-22-13-12-20(16-21(22)30)35-26(25(33-28(35)37)23-6-3-4-14-31-23)24-7-5-15-34(24)19-10-8-18(29)9-11-19/h3-17,25-26H,1-2H3,(H,32,36)(H,33,37). The van der Waals surface area contributed by atoms with Crippen molar-refractivity contribution in [3.8, 4) is 5.69 Å². The number of nitrogens with one attached hydrogen (secondary N) is 2. The molecule has 3 heterocycles. The van der Waals surface area contributed by atoms with Crippen LogP contribution in [0.15, 0.2) is 89.7 Å². The number of hydrogen-bond donors (Lipinski definition) is 2. The average Bonchev–Trinajstić information content (AvgIpc) is 3.50. The number of amides is 1. The molecular formula is C28H25BrClN5OS. The summed E-state index contributed by atoms with van der Waals surface area (Å²) in [4.78, 5) is 18.9. The lowest BCUT2D eigenvalue weighted by Crippen LogP contribution is -2.30. The maximum atomic E-state index is 12.2. The molecule has 0 aliphatic carbocycles. The Labute approximate surface area is 234 Å². The summed E-state index contributed by atoms with van der Waals surface area (Å²) in [6.45, 7) is 3.68. The molecule has 0 radical (unpaired) electrons. The van der Waals surface area contributed by atoms with Crippen molar-refractivity contribution in [3.63, 3.8) is 0 Å². The number of nitrogens with zero attached hydrogens (tertiary/aromatic N) is 3. The zero-order valence-corrected chi connectivity index (χ0v) is 23.4. The van der Waals surface area contributed by atoms with Crippen LogP contribution in [0.25, 0.3) is 5.69 Å². The first-order valence-corrected chi connectivity index (χ1v) is 13.5. The maximum Gasteiger partial charge on any atom is 0.226 e. The van der Waals surface area contributed by atoms with E-state index >= 15 is 0 Å². The first kappa shape index (κ1) is 25.4. The second kappa shape index (κ2) is 10.7. The fourth-order valence-electron chi connectivity index (χ4n) is 4.44. The third kappa shape index (κ3) is 5.14. The van der Waals surface area contributed by atoms with E-state index in [1.807, 2.05) is 74.6 Å². The molecule has 1 saturated heterocycles. The highest BCUT2D eigenvalue weighted by atomic mass is 79.9. The summed E-state index contributed by atoms with van der Waals surface area (Å²) in [6, 6.07) is 23.4. The highest BCUT2D eigenvalue weighted by Crippen LogP contribution is 2.43. The summed E-state index contributed by atoms with van der Waals surface area (Å²) in [7, 11) is 0. The van der Waals surface area contributed by atoms with E-state index < -0.39 is 0 Å². The smallest absolute Gasteiger partial charge is 0.226 e. The first-order valence-electron chi connectivity index (χ1n) is 11.9. The molecule has 2 unspecified atom stereocenters. The van der Waals surface area contributed by atoms with Gasteiger partial charge in [0.15, 0.2) is 5.11 Å². The Morgan fingerprint density at radius 1 is 1.08 bits per heavy atom. The van der Waals surface area contributed by atoms with Crippen molar-refractivity contribution in [2.75, 3.05) is 10.2 Å². The van der Waals surface area contributed by atoms with E-state index in [9.17, 15) is 4.79 Å². The van der Waals surface area contributed by atoms with Gasteiger partial charge in [-0.25, -0.2) is 0 Å². The molecule has 1 aliphatic heterocycles. The van der Waals surface area contributed by atoms with Crippen LogP contribution in [-0.4, -0.2) is 20.6 Å². The maximum absolute atomic E-state index is 12.2. The van der Waals surface area contributed by atoms with Crippen LogP contribution < -0.4 is 15.5 Å². The lowest BCUT2D eigenvalue weighted by Gasteiger charge is -2.29. The van der Waals surface area contributed by atoms with Crippen LogP contribution in [0.2, 0.25) is 5.02 Å². The molecule has 4 aromatic rings. The molecule has 188 valence electrons. The lowest BCUT2D eigenvalue weighted by atomic mass is 10.0. The number of halogens is 2. The van der Waals surface area contributed by atoms with Gasteiger partial charge >= 0.3 is 0 Å². The average molecular weight is 595 g/mol. The van der Waals surface area contributed by atoms with E-state index in [4.69, 9.17) is 23.8 Å². The van der Waals surface area contributed by atoms with Crippen molar-refractivity contribution < 1.29 is 4.79 Å². The Bertz CT molecular complexity index is 1440. The molecule has 1 amide bonds. The van der Waals surface area contributed by atoms with E-state index in [-0.39, 0.29) is 23.9 Å². The monoisotopic (exact) mass is 593 g/mol. The van der Waals surface area contributed by atoms with Gasteiger partial charge in [-0.1, -0.05) is 47.4 Å². The SMILES string of the molecule is CC(C)C(=O)Nc1ccc(N2C(=S)NC(c3ccccn3)C2c2cccn2-c2ccc(Br)cc2)cc1Cl. The Hall–Kier alpha value is -3.20. The summed E-state index contributed by atoms with van der Waals surface area (Å²) in [5.74, 6) is -0.241. The topological polar surface area (TPSA) is 62.2 Å². The van der Waals surface area contributed by atoms with Crippen molar-refractivity contribution in [1.29, 1.82) is 0 Å². The molecule has 2 aromatic heterocycles. The zero-order valence-electron chi connectivity index (χ0n) is 20.2. The third-order valence-electron chi connectivity index (χ3n) is 6.30. The zero-order chi connectivity index (χ0) is 26.1. The molecule has 0 spiro atoms.